The fourth-order valence-corrected chi connectivity index (χ4v) is 2.58. The molecule has 0 bridgehead atoms. The topological polar surface area (TPSA) is 98.3 Å². The van der Waals surface area contributed by atoms with Crippen LogP contribution in [0, 0.1) is 15.9 Å². The van der Waals surface area contributed by atoms with E-state index >= 15 is 0 Å². The number of anilines is 1. The normalized spacial score (nSPS) is 11.9. The standard InChI is InChI=1S/C13H12FN3O3S/c1-7(10-3-2-6-21-10)16-13(18)11-8(14)4-5-9(12(11)15)17(19)20/h2-7H,15H2,1H3,(H,16,18). The Bertz CT molecular complexity index is 688. The van der Waals surface area contributed by atoms with Crippen LogP contribution in [0.4, 0.5) is 15.8 Å². The molecule has 1 unspecified atom stereocenters. The maximum Gasteiger partial charge on any atom is 0.293 e. The SMILES string of the molecule is CC(NC(=O)c1c(F)ccc([N+](=O)[O-])c1N)c1cccs1. The van der Waals surface area contributed by atoms with Crippen LogP contribution in [0.3, 0.4) is 0 Å². The predicted molar refractivity (Wildman–Crippen MR) is 77.7 cm³/mol. The Hall–Kier alpha value is -2.48. The number of halogens is 1. The highest BCUT2D eigenvalue weighted by molar-refractivity contribution is 7.10. The minimum atomic E-state index is -0.894. The van der Waals surface area contributed by atoms with Gasteiger partial charge >= 0.3 is 0 Å². The number of nitrogen functional groups attached to an aromatic ring is 1. The van der Waals surface area contributed by atoms with Gasteiger partial charge in [0.05, 0.1) is 11.0 Å². The zero-order chi connectivity index (χ0) is 15.6. The lowest BCUT2D eigenvalue weighted by Crippen LogP contribution is -2.28. The van der Waals surface area contributed by atoms with Gasteiger partial charge in [-0.2, -0.15) is 0 Å². The van der Waals surface area contributed by atoms with Gasteiger partial charge in [0.2, 0.25) is 0 Å². The Balaban J connectivity index is 2.31. The van der Waals surface area contributed by atoms with E-state index in [9.17, 15) is 19.3 Å². The molecule has 3 N–H and O–H groups in total. The second-order valence-electron chi connectivity index (χ2n) is 4.32. The fraction of sp³-hybridized carbons (Fsp3) is 0.154. The summed E-state index contributed by atoms with van der Waals surface area (Å²) in [5.41, 5.74) is 4.06. The lowest BCUT2D eigenvalue weighted by Gasteiger charge is -2.13. The second-order valence-corrected chi connectivity index (χ2v) is 5.30. The summed E-state index contributed by atoms with van der Waals surface area (Å²) in [5.74, 6) is -1.68. The highest BCUT2D eigenvalue weighted by Gasteiger charge is 2.24. The molecule has 1 atom stereocenters. The lowest BCUT2D eigenvalue weighted by atomic mass is 10.1. The largest absolute Gasteiger partial charge is 0.392 e. The van der Waals surface area contributed by atoms with E-state index in [1.54, 1.807) is 6.92 Å². The molecule has 0 spiro atoms. The number of hydrogen-bond acceptors (Lipinski definition) is 5. The molecule has 1 aromatic carbocycles. The maximum absolute atomic E-state index is 13.8. The number of nitro benzene ring substituents is 1. The number of amides is 1. The minimum absolute atomic E-state index is 0.351. The third-order valence-corrected chi connectivity index (χ3v) is 3.97. The van der Waals surface area contributed by atoms with Crippen molar-refractivity contribution in [3.8, 4) is 0 Å². The summed E-state index contributed by atoms with van der Waals surface area (Å²) in [6.07, 6.45) is 0. The first-order valence-corrected chi connectivity index (χ1v) is 6.86. The number of hydrogen-bond donors (Lipinski definition) is 2. The van der Waals surface area contributed by atoms with Crippen molar-refractivity contribution in [1.82, 2.24) is 5.32 Å². The Labute approximate surface area is 123 Å². The molecule has 2 rings (SSSR count). The summed E-state index contributed by atoms with van der Waals surface area (Å²) >= 11 is 1.44. The zero-order valence-corrected chi connectivity index (χ0v) is 11.8. The molecule has 0 aliphatic carbocycles. The third kappa shape index (κ3) is 3.00. The minimum Gasteiger partial charge on any atom is -0.392 e. The van der Waals surface area contributed by atoms with Crippen LogP contribution in [0.5, 0.6) is 0 Å². The van der Waals surface area contributed by atoms with Gasteiger partial charge in [-0.05, 0) is 24.4 Å². The molecule has 8 heteroatoms. The van der Waals surface area contributed by atoms with Crippen molar-refractivity contribution in [2.75, 3.05) is 5.73 Å². The van der Waals surface area contributed by atoms with Gasteiger partial charge in [-0.3, -0.25) is 14.9 Å². The fourth-order valence-electron chi connectivity index (χ4n) is 1.85. The molecule has 0 saturated carbocycles. The van der Waals surface area contributed by atoms with Crippen molar-refractivity contribution in [2.24, 2.45) is 0 Å². The Morgan fingerprint density at radius 1 is 1.48 bits per heavy atom. The summed E-state index contributed by atoms with van der Waals surface area (Å²) < 4.78 is 13.8. The molecule has 0 radical (unpaired) electrons. The first-order valence-electron chi connectivity index (χ1n) is 5.98. The van der Waals surface area contributed by atoms with E-state index in [1.165, 1.54) is 11.3 Å². The third-order valence-electron chi connectivity index (χ3n) is 2.91. The number of carbonyl (C=O) groups is 1. The van der Waals surface area contributed by atoms with Gasteiger partial charge < -0.3 is 11.1 Å². The van der Waals surface area contributed by atoms with Crippen LogP contribution in [0.15, 0.2) is 29.6 Å². The van der Waals surface area contributed by atoms with Crippen molar-refractivity contribution in [3.05, 3.63) is 56.0 Å². The summed E-state index contributed by atoms with van der Waals surface area (Å²) in [4.78, 5) is 23.0. The molecule has 6 nitrogen and oxygen atoms in total. The number of carbonyl (C=O) groups excluding carboxylic acids is 1. The summed E-state index contributed by atoms with van der Waals surface area (Å²) in [5, 5.41) is 15.2. The Morgan fingerprint density at radius 2 is 2.19 bits per heavy atom. The van der Waals surface area contributed by atoms with E-state index < -0.39 is 33.6 Å². The molecule has 21 heavy (non-hydrogen) atoms. The maximum atomic E-state index is 13.8. The van der Waals surface area contributed by atoms with Gasteiger partial charge in [-0.15, -0.1) is 11.3 Å². The van der Waals surface area contributed by atoms with Crippen LogP contribution in [-0.4, -0.2) is 10.8 Å². The number of nitro groups is 1. The number of rotatable bonds is 4. The molecular weight excluding hydrogens is 297 g/mol. The van der Waals surface area contributed by atoms with E-state index in [1.807, 2.05) is 17.5 Å². The van der Waals surface area contributed by atoms with Gasteiger partial charge in [0.25, 0.3) is 11.6 Å². The quantitative estimate of drug-likeness (QED) is 0.515. The van der Waals surface area contributed by atoms with Gasteiger partial charge in [0.15, 0.2) is 0 Å². The molecule has 0 fully saturated rings. The van der Waals surface area contributed by atoms with Crippen molar-refractivity contribution in [1.29, 1.82) is 0 Å². The smallest absolute Gasteiger partial charge is 0.293 e. The van der Waals surface area contributed by atoms with E-state index in [0.29, 0.717) is 0 Å². The molecule has 0 aliphatic rings. The van der Waals surface area contributed by atoms with E-state index in [-0.39, 0.29) is 6.04 Å². The first-order chi connectivity index (χ1) is 9.91. The number of nitrogens with zero attached hydrogens (tertiary/aromatic N) is 1. The molecule has 0 saturated heterocycles. The number of nitrogens with two attached hydrogens (primary N) is 1. The van der Waals surface area contributed by atoms with Crippen LogP contribution in [0.1, 0.15) is 28.2 Å². The van der Waals surface area contributed by atoms with Gasteiger partial charge in [0, 0.05) is 10.9 Å². The van der Waals surface area contributed by atoms with E-state index in [2.05, 4.69) is 5.32 Å². The first kappa shape index (κ1) is 14.9. The highest BCUT2D eigenvalue weighted by atomic mass is 32.1. The molecule has 2 aromatic rings. The van der Waals surface area contributed by atoms with Gasteiger partial charge in [-0.1, -0.05) is 6.07 Å². The monoisotopic (exact) mass is 309 g/mol. The number of benzene rings is 1. The van der Waals surface area contributed by atoms with Gasteiger partial charge in [-0.25, -0.2) is 4.39 Å². The van der Waals surface area contributed by atoms with E-state index in [0.717, 1.165) is 17.0 Å². The van der Waals surface area contributed by atoms with Crippen LogP contribution >= 0.6 is 11.3 Å². The Kier molecular flexibility index (Phi) is 4.18. The lowest BCUT2D eigenvalue weighted by molar-refractivity contribution is -0.384. The van der Waals surface area contributed by atoms with Crippen molar-refractivity contribution >= 4 is 28.6 Å². The van der Waals surface area contributed by atoms with Crippen LogP contribution in [-0.2, 0) is 0 Å². The van der Waals surface area contributed by atoms with Crippen molar-refractivity contribution in [2.45, 2.75) is 13.0 Å². The molecule has 1 heterocycles. The van der Waals surface area contributed by atoms with Crippen molar-refractivity contribution in [3.63, 3.8) is 0 Å². The average Bonchev–Trinajstić information content (AvgIpc) is 2.91. The predicted octanol–water partition coefficient (Wildman–Crippen LogP) is 2.87. The Morgan fingerprint density at radius 3 is 2.76 bits per heavy atom. The van der Waals surface area contributed by atoms with Crippen LogP contribution in [0.25, 0.3) is 0 Å². The number of thiophene rings is 1. The van der Waals surface area contributed by atoms with Crippen LogP contribution < -0.4 is 11.1 Å². The molecular formula is C13H12FN3O3S. The summed E-state index contributed by atoms with van der Waals surface area (Å²) in [6, 6.07) is 5.09. The van der Waals surface area contributed by atoms with E-state index in [4.69, 9.17) is 5.73 Å². The molecule has 1 aromatic heterocycles. The van der Waals surface area contributed by atoms with Gasteiger partial charge in [0.1, 0.15) is 17.1 Å². The molecule has 0 aliphatic heterocycles. The average molecular weight is 309 g/mol. The summed E-state index contributed by atoms with van der Waals surface area (Å²) in [7, 11) is 0. The molecule has 110 valence electrons. The highest BCUT2D eigenvalue weighted by Crippen LogP contribution is 2.28. The van der Waals surface area contributed by atoms with Crippen molar-refractivity contribution < 1.29 is 14.1 Å². The zero-order valence-electron chi connectivity index (χ0n) is 11.0. The van der Waals surface area contributed by atoms with Crippen LogP contribution in [0.2, 0.25) is 0 Å². The summed E-state index contributed by atoms with van der Waals surface area (Å²) in [6.45, 7) is 1.73. The molecule has 1 amide bonds. The second kappa shape index (κ2) is 5.88. The number of nitrogens with one attached hydrogen (secondary N) is 1.